The van der Waals surface area contributed by atoms with Gasteiger partial charge in [-0.1, -0.05) is 19.1 Å². The van der Waals surface area contributed by atoms with Crippen molar-refractivity contribution < 1.29 is 9.53 Å². The van der Waals surface area contributed by atoms with Crippen molar-refractivity contribution in [3.63, 3.8) is 0 Å². The first-order valence-corrected chi connectivity index (χ1v) is 5.71. The number of aryl methyl sites for hydroxylation is 1. The van der Waals surface area contributed by atoms with Crippen LogP contribution in [0.1, 0.15) is 19.4 Å². The van der Waals surface area contributed by atoms with E-state index >= 15 is 0 Å². The molecule has 0 radical (unpaired) electrons. The minimum atomic E-state index is 0.00801. The Morgan fingerprint density at radius 1 is 1.35 bits per heavy atom. The van der Waals surface area contributed by atoms with Gasteiger partial charge in [-0.25, -0.2) is 0 Å². The number of hydrogen-bond donors (Lipinski definition) is 0. The van der Waals surface area contributed by atoms with Crippen LogP contribution in [-0.2, 0) is 11.2 Å². The number of carbonyl (C=O) groups excluding carboxylic acids is 1. The number of fused-ring (bicyclic) bond motifs is 1. The number of ketones is 1. The fourth-order valence-electron chi connectivity index (χ4n) is 1.81. The molecule has 0 aliphatic carbocycles. The number of rotatable bonds is 4. The summed E-state index contributed by atoms with van der Waals surface area (Å²) in [7, 11) is 0. The molecule has 2 aromatic rings. The summed E-state index contributed by atoms with van der Waals surface area (Å²) in [6.45, 7) is 3.71. The summed E-state index contributed by atoms with van der Waals surface area (Å²) in [5, 5.41) is 1.09. The highest BCUT2D eigenvalue weighted by atomic mass is 16.5. The third-order valence-electron chi connectivity index (χ3n) is 2.63. The van der Waals surface area contributed by atoms with Gasteiger partial charge in [0, 0.05) is 11.6 Å². The van der Waals surface area contributed by atoms with Gasteiger partial charge in [0.1, 0.15) is 17.9 Å². The zero-order valence-corrected chi connectivity index (χ0v) is 10.1. The second kappa shape index (κ2) is 4.95. The third-order valence-corrected chi connectivity index (χ3v) is 2.63. The van der Waals surface area contributed by atoms with E-state index in [1.165, 1.54) is 12.5 Å². The van der Waals surface area contributed by atoms with E-state index in [1.54, 1.807) is 6.20 Å². The molecule has 0 fully saturated rings. The van der Waals surface area contributed by atoms with Crippen LogP contribution in [0.2, 0.25) is 0 Å². The topological polar surface area (TPSA) is 39.2 Å². The largest absolute Gasteiger partial charge is 0.484 e. The van der Waals surface area contributed by atoms with Crippen molar-refractivity contribution >= 4 is 16.7 Å². The summed E-state index contributed by atoms with van der Waals surface area (Å²) in [6.07, 6.45) is 2.69. The molecule has 3 heteroatoms. The van der Waals surface area contributed by atoms with E-state index in [1.807, 2.05) is 24.3 Å². The van der Waals surface area contributed by atoms with E-state index in [-0.39, 0.29) is 12.4 Å². The number of ether oxygens (including phenoxy) is 1. The Hall–Kier alpha value is -1.90. The molecule has 17 heavy (non-hydrogen) atoms. The molecule has 0 atom stereocenters. The summed E-state index contributed by atoms with van der Waals surface area (Å²) >= 11 is 0. The normalized spacial score (nSPS) is 10.5. The number of benzene rings is 1. The maximum atomic E-state index is 10.9. The molecule has 0 N–H and O–H groups in total. The Morgan fingerprint density at radius 3 is 2.88 bits per heavy atom. The molecule has 88 valence electrons. The molecule has 1 heterocycles. The average molecular weight is 229 g/mol. The molecule has 0 aliphatic heterocycles. The Morgan fingerprint density at radius 2 is 2.18 bits per heavy atom. The van der Waals surface area contributed by atoms with Crippen LogP contribution in [0.3, 0.4) is 0 Å². The Bertz CT molecular complexity index is 549. The third kappa shape index (κ3) is 2.44. The Balaban J connectivity index is 2.47. The van der Waals surface area contributed by atoms with E-state index in [2.05, 4.69) is 11.9 Å². The van der Waals surface area contributed by atoms with Gasteiger partial charge in [-0.2, -0.15) is 0 Å². The Labute approximate surface area is 100 Å². The molecular weight excluding hydrogens is 214 g/mol. The van der Waals surface area contributed by atoms with Crippen LogP contribution in [0.25, 0.3) is 10.9 Å². The van der Waals surface area contributed by atoms with Crippen molar-refractivity contribution in [2.75, 3.05) is 6.61 Å². The number of Topliss-reactive ketones (excluding diaryl/α,β-unsaturated/α-hetero) is 1. The number of carbonyl (C=O) groups is 1. The highest BCUT2D eigenvalue weighted by Gasteiger charge is 2.07. The molecule has 0 saturated heterocycles. The van der Waals surface area contributed by atoms with Crippen molar-refractivity contribution in [2.45, 2.75) is 20.3 Å². The molecule has 0 spiro atoms. The summed E-state index contributed by atoms with van der Waals surface area (Å²) in [4.78, 5) is 15.3. The van der Waals surface area contributed by atoms with Gasteiger partial charge in [-0.3, -0.25) is 9.78 Å². The van der Waals surface area contributed by atoms with Gasteiger partial charge in [0.2, 0.25) is 0 Å². The fourth-order valence-corrected chi connectivity index (χ4v) is 1.81. The summed E-state index contributed by atoms with van der Waals surface area (Å²) in [5.74, 6) is 0.682. The molecule has 0 saturated carbocycles. The summed E-state index contributed by atoms with van der Waals surface area (Å²) in [5.41, 5.74) is 2.07. The van der Waals surface area contributed by atoms with E-state index in [4.69, 9.17) is 4.74 Å². The van der Waals surface area contributed by atoms with Gasteiger partial charge in [-0.05, 0) is 31.0 Å². The van der Waals surface area contributed by atoms with Gasteiger partial charge >= 0.3 is 0 Å². The lowest BCUT2D eigenvalue weighted by Gasteiger charge is -2.09. The number of aromatic nitrogens is 1. The maximum absolute atomic E-state index is 10.9. The van der Waals surface area contributed by atoms with E-state index in [0.717, 1.165) is 17.3 Å². The second-order valence-electron chi connectivity index (χ2n) is 3.97. The molecule has 0 unspecified atom stereocenters. The predicted octanol–water partition coefficient (Wildman–Crippen LogP) is 2.77. The van der Waals surface area contributed by atoms with Crippen LogP contribution in [0, 0.1) is 0 Å². The predicted molar refractivity (Wildman–Crippen MR) is 67.3 cm³/mol. The first-order valence-electron chi connectivity index (χ1n) is 5.71. The van der Waals surface area contributed by atoms with Crippen molar-refractivity contribution in [3.05, 3.63) is 36.0 Å². The van der Waals surface area contributed by atoms with Crippen LogP contribution in [0.15, 0.2) is 30.5 Å². The standard InChI is InChI=1S/C14H15NO2/c1-3-11-6-7-13(17-9-10(2)16)14-12(11)5-4-8-15-14/h4-8H,3,9H2,1-2H3. The van der Waals surface area contributed by atoms with Crippen molar-refractivity contribution in [1.82, 2.24) is 4.98 Å². The summed E-state index contributed by atoms with van der Waals surface area (Å²) < 4.78 is 5.47. The van der Waals surface area contributed by atoms with Crippen LogP contribution >= 0.6 is 0 Å². The SMILES string of the molecule is CCc1ccc(OCC(C)=O)c2ncccc12. The number of hydrogen-bond acceptors (Lipinski definition) is 3. The average Bonchev–Trinajstić information content (AvgIpc) is 2.35. The molecule has 0 bridgehead atoms. The van der Waals surface area contributed by atoms with Crippen LogP contribution in [0.4, 0.5) is 0 Å². The quantitative estimate of drug-likeness (QED) is 0.809. The van der Waals surface area contributed by atoms with Gasteiger partial charge in [0.05, 0.1) is 0 Å². The highest BCUT2D eigenvalue weighted by molar-refractivity contribution is 5.88. The van der Waals surface area contributed by atoms with Gasteiger partial charge in [-0.15, -0.1) is 0 Å². The van der Waals surface area contributed by atoms with Crippen LogP contribution < -0.4 is 4.74 Å². The second-order valence-corrected chi connectivity index (χ2v) is 3.97. The molecule has 0 aliphatic rings. The monoisotopic (exact) mass is 229 g/mol. The number of pyridine rings is 1. The molecule has 1 aromatic heterocycles. The minimum absolute atomic E-state index is 0.00801. The van der Waals surface area contributed by atoms with Crippen LogP contribution in [0.5, 0.6) is 5.75 Å². The van der Waals surface area contributed by atoms with Gasteiger partial charge in [0.25, 0.3) is 0 Å². The van der Waals surface area contributed by atoms with Crippen LogP contribution in [-0.4, -0.2) is 17.4 Å². The van der Waals surface area contributed by atoms with Crippen molar-refractivity contribution in [3.8, 4) is 5.75 Å². The van der Waals surface area contributed by atoms with Crippen molar-refractivity contribution in [2.24, 2.45) is 0 Å². The zero-order chi connectivity index (χ0) is 12.3. The lowest BCUT2D eigenvalue weighted by molar-refractivity contribution is -0.118. The van der Waals surface area contributed by atoms with Crippen molar-refractivity contribution in [1.29, 1.82) is 0 Å². The smallest absolute Gasteiger partial charge is 0.167 e. The van der Waals surface area contributed by atoms with E-state index < -0.39 is 0 Å². The van der Waals surface area contributed by atoms with E-state index in [9.17, 15) is 4.79 Å². The van der Waals surface area contributed by atoms with E-state index in [0.29, 0.717) is 5.75 Å². The lowest BCUT2D eigenvalue weighted by Crippen LogP contribution is -2.07. The highest BCUT2D eigenvalue weighted by Crippen LogP contribution is 2.26. The van der Waals surface area contributed by atoms with Gasteiger partial charge in [0.15, 0.2) is 5.78 Å². The summed E-state index contributed by atoms with van der Waals surface area (Å²) in [6, 6.07) is 7.86. The fraction of sp³-hybridized carbons (Fsp3) is 0.286. The zero-order valence-electron chi connectivity index (χ0n) is 10.1. The molecule has 0 amide bonds. The maximum Gasteiger partial charge on any atom is 0.167 e. The molecule has 1 aromatic carbocycles. The lowest BCUT2D eigenvalue weighted by atomic mass is 10.1. The number of nitrogens with zero attached hydrogens (tertiary/aromatic N) is 1. The minimum Gasteiger partial charge on any atom is -0.484 e. The Kier molecular flexibility index (Phi) is 3.38. The molecule has 2 rings (SSSR count). The van der Waals surface area contributed by atoms with Gasteiger partial charge < -0.3 is 4.74 Å². The first kappa shape index (κ1) is 11.6. The first-order chi connectivity index (χ1) is 8.22. The molecular formula is C14H15NO2. The molecule has 3 nitrogen and oxygen atoms in total.